The number of amides is 1. The number of hydrogen-bond acceptors (Lipinski definition) is 3. The van der Waals surface area contributed by atoms with E-state index in [9.17, 15) is 18.0 Å². The first kappa shape index (κ1) is 19.4. The molecule has 1 heterocycles. The molecule has 1 aromatic carbocycles. The lowest BCUT2D eigenvalue weighted by Gasteiger charge is -2.29. The maximum atomic E-state index is 13.4. The smallest absolute Gasteiger partial charge is 0.384 e. The second-order valence-corrected chi connectivity index (χ2v) is 6.91. The van der Waals surface area contributed by atoms with E-state index in [1.807, 2.05) is 12.2 Å². The van der Waals surface area contributed by atoms with E-state index in [4.69, 9.17) is 4.74 Å². The highest BCUT2D eigenvalue weighted by Gasteiger charge is 2.37. The zero-order valence-corrected chi connectivity index (χ0v) is 15.4. The molecule has 3 rings (SSSR count). The number of thiophene rings is 1. The Hall–Kier alpha value is -2.38. The second kappa shape index (κ2) is 8.10. The van der Waals surface area contributed by atoms with Crippen LogP contribution in [0.2, 0.25) is 0 Å². The Morgan fingerprint density at radius 1 is 1.30 bits per heavy atom. The van der Waals surface area contributed by atoms with Crippen LogP contribution in [-0.2, 0) is 10.9 Å². The van der Waals surface area contributed by atoms with Gasteiger partial charge in [0.25, 0.3) is 5.91 Å². The quantitative estimate of drug-likeness (QED) is 0.669. The lowest BCUT2D eigenvalue weighted by Crippen LogP contribution is -2.33. The topological polar surface area (TPSA) is 29.5 Å². The summed E-state index contributed by atoms with van der Waals surface area (Å²) in [5, 5.41) is 3.54. The van der Waals surface area contributed by atoms with Gasteiger partial charge in [0, 0.05) is 24.1 Å². The molecule has 1 aliphatic rings. The number of methoxy groups -OCH3 is 1. The van der Waals surface area contributed by atoms with Crippen LogP contribution in [0.5, 0.6) is 0 Å². The molecule has 2 aromatic rings. The predicted octanol–water partition coefficient (Wildman–Crippen LogP) is 5.52. The van der Waals surface area contributed by atoms with E-state index in [1.165, 1.54) is 34.4 Å². The third-order valence-electron chi connectivity index (χ3n) is 4.24. The Morgan fingerprint density at radius 2 is 2.07 bits per heavy atom. The van der Waals surface area contributed by atoms with E-state index in [0.29, 0.717) is 24.4 Å². The molecule has 1 aromatic heterocycles. The average molecular weight is 393 g/mol. The largest absolute Gasteiger partial charge is 0.417 e. The van der Waals surface area contributed by atoms with Crippen LogP contribution in [0.1, 0.15) is 22.3 Å². The van der Waals surface area contributed by atoms with Crippen molar-refractivity contribution in [2.75, 3.05) is 18.6 Å². The molecular weight excluding hydrogens is 375 g/mol. The van der Waals surface area contributed by atoms with Crippen LogP contribution in [0.4, 0.5) is 18.9 Å². The number of carbonyl (C=O) groups is 1. The van der Waals surface area contributed by atoms with Crippen molar-refractivity contribution in [2.24, 2.45) is 5.92 Å². The van der Waals surface area contributed by atoms with Gasteiger partial charge in [-0.1, -0.05) is 24.3 Å². The molecule has 7 heteroatoms. The molecule has 0 saturated carbocycles. The summed E-state index contributed by atoms with van der Waals surface area (Å²) in [6.07, 6.45) is 1.43. The van der Waals surface area contributed by atoms with Crippen LogP contribution in [-0.4, -0.2) is 19.6 Å². The minimum absolute atomic E-state index is 0.0572. The number of ether oxygens (including phenoxy) is 1. The van der Waals surface area contributed by atoms with Crippen molar-refractivity contribution < 1.29 is 22.7 Å². The Labute approximate surface area is 159 Å². The van der Waals surface area contributed by atoms with Crippen molar-refractivity contribution in [1.82, 2.24) is 0 Å². The lowest BCUT2D eigenvalue weighted by atomic mass is 9.97. The first-order valence-electron chi connectivity index (χ1n) is 8.31. The number of hydrogen-bond donors (Lipinski definition) is 0. The standard InChI is InChI=1S/C20H18F3NO2S/c1-26-12-14-5-4-6-15(11-14)24(16-9-10-27-13-16)19(25)17-7-2-3-8-18(17)20(21,22)23/h2-10,13-14H,11-12H2,1H3. The number of alkyl halides is 3. The zero-order valence-electron chi connectivity index (χ0n) is 14.6. The SMILES string of the molecule is COCC1C=CC=C(N(C(=O)c2ccccc2C(F)(F)F)c2ccsc2)C1. The Morgan fingerprint density at radius 3 is 2.74 bits per heavy atom. The van der Waals surface area contributed by atoms with Crippen molar-refractivity contribution in [3.05, 3.63) is 76.1 Å². The maximum absolute atomic E-state index is 13.4. The van der Waals surface area contributed by atoms with Gasteiger partial charge in [0.15, 0.2) is 0 Å². The van der Waals surface area contributed by atoms with Gasteiger partial charge in [-0.05, 0) is 36.1 Å². The highest BCUT2D eigenvalue weighted by Crippen LogP contribution is 2.35. The monoisotopic (exact) mass is 393 g/mol. The summed E-state index contributed by atoms with van der Waals surface area (Å²) in [6, 6.07) is 6.60. The molecule has 0 bridgehead atoms. The minimum atomic E-state index is -4.61. The Balaban J connectivity index is 2.03. The minimum Gasteiger partial charge on any atom is -0.384 e. The number of halogens is 3. The number of carbonyl (C=O) groups excluding carboxylic acids is 1. The number of allylic oxidation sites excluding steroid dienone is 3. The van der Waals surface area contributed by atoms with E-state index < -0.39 is 17.6 Å². The first-order chi connectivity index (χ1) is 12.9. The van der Waals surface area contributed by atoms with Crippen LogP contribution in [0, 0.1) is 5.92 Å². The number of benzene rings is 1. The van der Waals surface area contributed by atoms with Gasteiger partial charge < -0.3 is 4.74 Å². The zero-order chi connectivity index (χ0) is 19.4. The van der Waals surface area contributed by atoms with Gasteiger partial charge in [-0.2, -0.15) is 24.5 Å². The number of rotatable bonds is 5. The van der Waals surface area contributed by atoms with Crippen LogP contribution in [0.3, 0.4) is 0 Å². The van der Waals surface area contributed by atoms with Crippen molar-refractivity contribution in [1.29, 1.82) is 0 Å². The van der Waals surface area contributed by atoms with Crippen molar-refractivity contribution >= 4 is 22.9 Å². The third-order valence-corrected chi connectivity index (χ3v) is 4.91. The van der Waals surface area contributed by atoms with Crippen molar-refractivity contribution in [2.45, 2.75) is 12.6 Å². The Bertz CT molecular complexity index is 856. The van der Waals surface area contributed by atoms with Crippen LogP contribution >= 0.6 is 11.3 Å². The van der Waals surface area contributed by atoms with Crippen molar-refractivity contribution in [3.63, 3.8) is 0 Å². The summed E-state index contributed by atoms with van der Waals surface area (Å²) < 4.78 is 45.4. The van der Waals surface area contributed by atoms with E-state index in [2.05, 4.69) is 0 Å². The fourth-order valence-electron chi connectivity index (χ4n) is 3.06. The van der Waals surface area contributed by atoms with Crippen LogP contribution in [0.15, 0.2) is 65.0 Å². The molecule has 27 heavy (non-hydrogen) atoms. The molecule has 1 amide bonds. The van der Waals surface area contributed by atoms with Gasteiger partial charge in [-0.3, -0.25) is 9.69 Å². The number of nitrogens with zero attached hydrogens (tertiary/aromatic N) is 1. The number of anilines is 1. The van der Waals surface area contributed by atoms with Crippen molar-refractivity contribution in [3.8, 4) is 0 Å². The highest BCUT2D eigenvalue weighted by atomic mass is 32.1. The molecule has 0 saturated heterocycles. The normalized spacial score (nSPS) is 16.9. The highest BCUT2D eigenvalue weighted by molar-refractivity contribution is 7.08. The molecule has 0 radical (unpaired) electrons. The van der Waals surface area contributed by atoms with Crippen LogP contribution in [0.25, 0.3) is 0 Å². The van der Waals surface area contributed by atoms with Crippen LogP contribution < -0.4 is 4.90 Å². The van der Waals surface area contributed by atoms with Gasteiger partial charge in [-0.25, -0.2) is 0 Å². The molecule has 0 N–H and O–H groups in total. The molecular formula is C20H18F3NO2S. The fourth-order valence-corrected chi connectivity index (χ4v) is 3.68. The molecule has 1 aliphatic carbocycles. The summed E-state index contributed by atoms with van der Waals surface area (Å²) in [5.41, 5.74) is -0.106. The Kier molecular flexibility index (Phi) is 5.82. The molecule has 0 spiro atoms. The summed E-state index contributed by atoms with van der Waals surface area (Å²) in [5.74, 6) is -0.638. The first-order valence-corrected chi connectivity index (χ1v) is 9.25. The molecule has 1 atom stereocenters. The lowest BCUT2D eigenvalue weighted by molar-refractivity contribution is -0.137. The second-order valence-electron chi connectivity index (χ2n) is 6.13. The molecule has 1 unspecified atom stereocenters. The molecule has 142 valence electrons. The molecule has 0 aliphatic heterocycles. The third kappa shape index (κ3) is 4.31. The van der Waals surface area contributed by atoms with Gasteiger partial charge in [0.1, 0.15) is 0 Å². The van der Waals surface area contributed by atoms with Gasteiger partial charge >= 0.3 is 6.18 Å². The fraction of sp³-hybridized carbons (Fsp3) is 0.250. The summed E-state index contributed by atoms with van der Waals surface area (Å²) in [7, 11) is 1.59. The van der Waals surface area contributed by atoms with E-state index >= 15 is 0 Å². The van der Waals surface area contributed by atoms with Gasteiger partial charge in [-0.15, -0.1) is 0 Å². The van der Waals surface area contributed by atoms with E-state index in [-0.39, 0.29) is 11.5 Å². The molecule has 0 fully saturated rings. The van der Waals surface area contributed by atoms with Gasteiger partial charge in [0.05, 0.1) is 23.4 Å². The molecule has 3 nitrogen and oxygen atoms in total. The average Bonchev–Trinajstić information content (AvgIpc) is 3.16. The van der Waals surface area contributed by atoms with E-state index in [1.54, 1.807) is 30.0 Å². The maximum Gasteiger partial charge on any atom is 0.417 e. The summed E-state index contributed by atoms with van der Waals surface area (Å²) in [6.45, 7) is 0.471. The predicted molar refractivity (Wildman–Crippen MR) is 99.8 cm³/mol. The van der Waals surface area contributed by atoms with Gasteiger partial charge in [0.2, 0.25) is 0 Å². The summed E-state index contributed by atoms with van der Waals surface area (Å²) in [4.78, 5) is 14.6. The summed E-state index contributed by atoms with van der Waals surface area (Å²) >= 11 is 1.38. The van der Waals surface area contributed by atoms with E-state index in [0.717, 1.165) is 6.07 Å².